The number of hydrogen-bond acceptors (Lipinski definition) is 5. The third-order valence-electron chi connectivity index (χ3n) is 2.76. The van der Waals surface area contributed by atoms with E-state index >= 15 is 0 Å². The molecule has 0 aliphatic heterocycles. The van der Waals surface area contributed by atoms with Gasteiger partial charge in [-0.3, -0.25) is 14.9 Å². The molecule has 1 rings (SSSR count). The van der Waals surface area contributed by atoms with Crippen molar-refractivity contribution in [3.8, 4) is 0 Å². The summed E-state index contributed by atoms with van der Waals surface area (Å²) in [6, 6.07) is 2.36. The number of benzene rings is 1. The summed E-state index contributed by atoms with van der Waals surface area (Å²) in [5.74, 6) is -0.484. The van der Waals surface area contributed by atoms with Gasteiger partial charge in [-0.05, 0) is 24.0 Å². The highest BCUT2D eigenvalue weighted by molar-refractivity contribution is 7.99. The summed E-state index contributed by atoms with van der Waals surface area (Å²) in [6.45, 7) is 1.95. The summed E-state index contributed by atoms with van der Waals surface area (Å²) in [6.07, 6.45) is 0.256. The lowest BCUT2D eigenvalue weighted by Crippen LogP contribution is -2.41. The first-order valence-corrected chi connectivity index (χ1v) is 7.95. The van der Waals surface area contributed by atoms with Crippen LogP contribution in [0.25, 0.3) is 0 Å². The molecule has 1 aromatic carbocycles. The van der Waals surface area contributed by atoms with Crippen LogP contribution in [0.4, 0.5) is 5.69 Å². The Kier molecular flexibility index (Phi) is 7.13. The van der Waals surface area contributed by atoms with E-state index in [1.54, 1.807) is 11.8 Å². The van der Waals surface area contributed by atoms with E-state index < -0.39 is 22.8 Å². The molecular formula is C13H15ClN2O5S. The van der Waals surface area contributed by atoms with Crippen molar-refractivity contribution in [3.05, 3.63) is 38.9 Å². The van der Waals surface area contributed by atoms with Crippen molar-refractivity contribution >= 4 is 40.9 Å². The van der Waals surface area contributed by atoms with Crippen LogP contribution in [0.1, 0.15) is 23.7 Å². The highest BCUT2D eigenvalue weighted by Gasteiger charge is 2.23. The molecule has 0 aliphatic carbocycles. The molecule has 0 saturated carbocycles. The van der Waals surface area contributed by atoms with Crippen molar-refractivity contribution in [2.45, 2.75) is 19.4 Å². The van der Waals surface area contributed by atoms with E-state index in [2.05, 4.69) is 5.32 Å². The molecule has 1 unspecified atom stereocenters. The number of carboxylic acid groups (broad SMARTS) is 1. The molecule has 7 nitrogen and oxygen atoms in total. The number of halogens is 1. The molecule has 0 bridgehead atoms. The number of carbonyl (C=O) groups excluding carboxylic acids is 1. The van der Waals surface area contributed by atoms with Gasteiger partial charge in [0.25, 0.3) is 11.6 Å². The minimum atomic E-state index is -1.16. The second-order valence-electron chi connectivity index (χ2n) is 4.27. The number of nitro benzene ring substituents is 1. The molecule has 9 heteroatoms. The molecule has 0 aliphatic rings. The minimum absolute atomic E-state index is 0.0233. The summed E-state index contributed by atoms with van der Waals surface area (Å²) in [5, 5.41) is 22.2. The number of nitro groups is 1. The smallest absolute Gasteiger partial charge is 0.326 e. The predicted octanol–water partition coefficient (Wildman–Crippen LogP) is 2.57. The maximum atomic E-state index is 12.1. The van der Waals surface area contributed by atoms with Crippen molar-refractivity contribution in [2.24, 2.45) is 0 Å². The average molecular weight is 347 g/mol. The monoisotopic (exact) mass is 346 g/mol. The van der Waals surface area contributed by atoms with Crippen molar-refractivity contribution in [3.63, 3.8) is 0 Å². The van der Waals surface area contributed by atoms with Gasteiger partial charge in [0.15, 0.2) is 0 Å². The first kappa shape index (κ1) is 18.2. The fourth-order valence-electron chi connectivity index (χ4n) is 1.64. The van der Waals surface area contributed by atoms with Gasteiger partial charge in [0, 0.05) is 12.1 Å². The summed E-state index contributed by atoms with van der Waals surface area (Å²) in [4.78, 5) is 33.3. The lowest BCUT2D eigenvalue weighted by atomic mass is 10.1. The van der Waals surface area contributed by atoms with Gasteiger partial charge < -0.3 is 10.4 Å². The number of rotatable bonds is 8. The molecule has 1 amide bonds. The van der Waals surface area contributed by atoms with Crippen molar-refractivity contribution in [1.82, 2.24) is 5.32 Å². The standard InChI is InChI=1S/C13H15ClN2O5S/c1-2-22-6-5-11(13(18)19)15-12(17)9-7-8(16(20)21)3-4-10(9)14/h3-4,7,11H,2,5-6H2,1H3,(H,15,17)(H,18,19). The number of carbonyl (C=O) groups is 2. The Hall–Kier alpha value is -1.80. The second kappa shape index (κ2) is 8.60. The summed E-state index contributed by atoms with van der Waals surface area (Å²) in [7, 11) is 0. The highest BCUT2D eigenvalue weighted by Crippen LogP contribution is 2.22. The lowest BCUT2D eigenvalue weighted by Gasteiger charge is -2.14. The lowest BCUT2D eigenvalue weighted by molar-refractivity contribution is -0.384. The van der Waals surface area contributed by atoms with Crippen LogP contribution in [-0.2, 0) is 4.79 Å². The molecule has 0 fully saturated rings. The Morgan fingerprint density at radius 3 is 2.73 bits per heavy atom. The van der Waals surface area contributed by atoms with Crippen LogP contribution < -0.4 is 5.32 Å². The normalized spacial score (nSPS) is 11.7. The van der Waals surface area contributed by atoms with E-state index in [9.17, 15) is 19.7 Å². The molecule has 0 heterocycles. The first-order chi connectivity index (χ1) is 10.4. The third kappa shape index (κ3) is 5.19. The molecule has 1 aromatic rings. The maximum absolute atomic E-state index is 12.1. The van der Waals surface area contributed by atoms with Crippen LogP contribution in [0, 0.1) is 10.1 Å². The van der Waals surface area contributed by atoms with Crippen molar-refractivity contribution in [2.75, 3.05) is 11.5 Å². The van der Waals surface area contributed by atoms with Gasteiger partial charge in [-0.2, -0.15) is 11.8 Å². The quantitative estimate of drug-likeness (QED) is 0.425. The number of thioether (sulfide) groups is 1. The fourth-order valence-corrected chi connectivity index (χ4v) is 2.53. The van der Waals surface area contributed by atoms with Crippen molar-refractivity contribution < 1.29 is 19.6 Å². The summed E-state index contributed by atoms with van der Waals surface area (Å²) in [5.41, 5.74) is -0.409. The minimum Gasteiger partial charge on any atom is -0.480 e. The topological polar surface area (TPSA) is 110 Å². The zero-order valence-electron chi connectivity index (χ0n) is 11.7. The Labute approximate surface area is 136 Å². The average Bonchev–Trinajstić information content (AvgIpc) is 2.46. The first-order valence-electron chi connectivity index (χ1n) is 6.42. The molecule has 2 N–H and O–H groups in total. The van der Waals surface area contributed by atoms with Crippen LogP contribution >= 0.6 is 23.4 Å². The third-order valence-corrected chi connectivity index (χ3v) is 4.03. The Balaban J connectivity index is 2.87. The largest absolute Gasteiger partial charge is 0.480 e. The van der Waals surface area contributed by atoms with Crippen LogP contribution in [-0.4, -0.2) is 39.5 Å². The molecular weight excluding hydrogens is 332 g/mol. The zero-order chi connectivity index (χ0) is 16.7. The molecule has 0 spiro atoms. The van der Waals surface area contributed by atoms with Crippen molar-refractivity contribution in [1.29, 1.82) is 0 Å². The van der Waals surface area contributed by atoms with Gasteiger partial charge in [-0.25, -0.2) is 4.79 Å². The second-order valence-corrected chi connectivity index (χ2v) is 6.07. The van der Waals surface area contributed by atoms with Crippen LogP contribution in [0.5, 0.6) is 0 Å². The number of hydrogen-bond donors (Lipinski definition) is 2. The van der Waals surface area contributed by atoms with Crippen LogP contribution in [0.2, 0.25) is 5.02 Å². The Bertz CT molecular complexity index is 582. The van der Waals surface area contributed by atoms with Gasteiger partial charge in [0.1, 0.15) is 6.04 Å². The Morgan fingerprint density at radius 1 is 1.50 bits per heavy atom. The zero-order valence-corrected chi connectivity index (χ0v) is 13.3. The van der Waals surface area contributed by atoms with E-state index in [0.717, 1.165) is 11.8 Å². The molecule has 120 valence electrons. The maximum Gasteiger partial charge on any atom is 0.326 e. The summed E-state index contributed by atoms with van der Waals surface area (Å²) >= 11 is 7.41. The number of nitrogens with zero attached hydrogens (tertiary/aromatic N) is 1. The van der Waals surface area contributed by atoms with Gasteiger partial charge in [-0.15, -0.1) is 0 Å². The van der Waals surface area contributed by atoms with Crippen LogP contribution in [0.3, 0.4) is 0 Å². The van der Waals surface area contributed by atoms with E-state index in [4.69, 9.17) is 16.7 Å². The summed E-state index contributed by atoms with van der Waals surface area (Å²) < 4.78 is 0. The number of amides is 1. The van der Waals surface area contributed by atoms with Gasteiger partial charge in [0.05, 0.1) is 15.5 Å². The van der Waals surface area contributed by atoms with E-state index in [1.807, 2.05) is 6.92 Å². The van der Waals surface area contributed by atoms with E-state index in [-0.39, 0.29) is 22.7 Å². The number of carboxylic acids is 1. The van der Waals surface area contributed by atoms with Crippen LogP contribution in [0.15, 0.2) is 18.2 Å². The number of aliphatic carboxylic acids is 1. The van der Waals surface area contributed by atoms with E-state index in [0.29, 0.717) is 5.75 Å². The SMILES string of the molecule is CCSCCC(NC(=O)c1cc([N+](=O)[O-])ccc1Cl)C(=O)O. The highest BCUT2D eigenvalue weighted by atomic mass is 35.5. The van der Waals surface area contributed by atoms with E-state index in [1.165, 1.54) is 12.1 Å². The molecule has 0 aromatic heterocycles. The van der Waals surface area contributed by atoms with Gasteiger partial charge in [-0.1, -0.05) is 18.5 Å². The number of nitrogens with one attached hydrogen (secondary N) is 1. The van der Waals surface area contributed by atoms with Gasteiger partial charge >= 0.3 is 5.97 Å². The molecule has 0 radical (unpaired) electrons. The number of non-ortho nitro benzene ring substituents is 1. The Morgan fingerprint density at radius 2 is 2.18 bits per heavy atom. The fraction of sp³-hybridized carbons (Fsp3) is 0.385. The molecule has 0 saturated heterocycles. The molecule has 1 atom stereocenters. The van der Waals surface area contributed by atoms with Gasteiger partial charge in [0.2, 0.25) is 0 Å². The molecule has 22 heavy (non-hydrogen) atoms. The predicted molar refractivity (Wildman–Crippen MR) is 84.6 cm³/mol.